The van der Waals surface area contributed by atoms with Gasteiger partial charge in [-0.05, 0) is 55.9 Å². The van der Waals surface area contributed by atoms with Gasteiger partial charge in [0.2, 0.25) is 0 Å². The molecule has 0 bridgehead atoms. The van der Waals surface area contributed by atoms with Gasteiger partial charge in [0.15, 0.2) is 0 Å². The first-order chi connectivity index (χ1) is 9.56. The van der Waals surface area contributed by atoms with Gasteiger partial charge in [-0.3, -0.25) is 4.90 Å². The van der Waals surface area contributed by atoms with Crippen LogP contribution in [-0.2, 0) is 6.42 Å². The molecule has 2 N–H and O–H groups in total. The first-order valence-corrected chi connectivity index (χ1v) is 7.00. The molecule has 1 aliphatic carbocycles. The van der Waals surface area contributed by atoms with Crippen LogP contribution in [0.2, 0.25) is 0 Å². The van der Waals surface area contributed by atoms with E-state index >= 15 is 0 Å². The Hall–Kier alpha value is -2.04. The van der Waals surface area contributed by atoms with Crippen LogP contribution in [0.3, 0.4) is 0 Å². The fraction of sp³-hybridized carbons (Fsp3) is 0.467. The third kappa shape index (κ3) is 2.35. The average molecular weight is 274 g/mol. The molecule has 1 atom stereocenters. The van der Waals surface area contributed by atoms with Gasteiger partial charge in [0.25, 0.3) is 0 Å². The van der Waals surface area contributed by atoms with E-state index in [1.807, 2.05) is 6.92 Å². The molecule has 2 aliphatic rings. The minimum absolute atomic E-state index is 0.0776. The minimum Gasteiger partial charge on any atom is -0.478 e. The van der Waals surface area contributed by atoms with Gasteiger partial charge < -0.3 is 10.4 Å². The molecular formula is C15H18N2O3. The van der Waals surface area contributed by atoms with E-state index in [0.29, 0.717) is 18.9 Å². The van der Waals surface area contributed by atoms with Gasteiger partial charge in [0.1, 0.15) is 0 Å². The predicted octanol–water partition coefficient (Wildman–Crippen LogP) is 2.26. The maximum absolute atomic E-state index is 12.3. The molecular weight excluding hydrogens is 256 g/mol. The van der Waals surface area contributed by atoms with E-state index in [4.69, 9.17) is 5.11 Å². The highest BCUT2D eigenvalue weighted by Gasteiger charge is 2.32. The lowest BCUT2D eigenvalue weighted by Crippen LogP contribution is -2.44. The molecule has 5 heteroatoms. The number of nitrogens with one attached hydrogen (secondary N) is 1. The Balaban J connectivity index is 1.75. The van der Waals surface area contributed by atoms with Crippen molar-refractivity contribution in [2.75, 3.05) is 11.4 Å². The Morgan fingerprint density at radius 1 is 1.40 bits per heavy atom. The number of carboxylic acid groups (broad SMARTS) is 1. The molecule has 1 aromatic carbocycles. The van der Waals surface area contributed by atoms with Gasteiger partial charge in [-0.15, -0.1) is 0 Å². The zero-order valence-electron chi connectivity index (χ0n) is 11.4. The number of hydrogen-bond acceptors (Lipinski definition) is 2. The second-order valence-corrected chi connectivity index (χ2v) is 5.63. The van der Waals surface area contributed by atoms with Crippen LogP contribution >= 0.6 is 0 Å². The van der Waals surface area contributed by atoms with Crippen molar-refractivity contribution < 1.29 is 14.7 Å². The summed E-state index contributed by atoms with van der Waals surface area (Å²) in [7, 11) is 0. The number of carbonyl (C=O) groups is 2. The quantitative estimate of drug-likeness (QED) is 0.888. The Kier molecular flexibility index (Phi) is 3.12. The van der Waals surface area contributed by atoms with Gasteiger partial charge in [-0.2, -0.15) is 0 Å². The van der Waals surface area contributed by atoms with Gasteiger partial charge in [-0.1, -0.05) is 0 Å². The number of nitrogens with zero attached hydrogens (tertiary/aromatic N) is 1. The van der Waals surface area contributed by atoms with E-state index in [2.05, 4.69) is 5.32 Å². The van der Waals surface area contributed by atoms with Crippen LogP contribution in [-0.4, -0.2) is 29.7 Å². The van der Waals surface area contributed by atoms with Gasteiger partial charge in [0, 0.05) is 18.3 Å². The molecule has 1 heterocycles. The van der Waals surface area contributed by atoms with Crippen LogP contribution in [0.4, 0.5) is 10.5 Å². The Morgan fingerprint density at radius 3 is 2.80 bits per heavy atom. The van der Waals surface area contributed by atoms with E-state index in [1.165, 1.54) is 12.8 Å². The van der Waals surface area contributed by atoms with Crippen LogP contribution in [0, 0.1) is 5.92 Å². The molecule has 0 spiro atoms. The standard InChI is InChI=1S/C15H18N2O3/c1-9(10-2-3-10)16-15(20)17-7-6-11-8-12(14(18)19)4-5-13(11)17/h4-5,8-10H,2-3,6-7H2,1H3,(H,16,20)(H,18,19). The molecule has 1 unspecified atom stereocenters. The van der Waals surface area contributed by atoms with Gasteiger partial charge in [0.05, 0.1) is 5.56 Å². The third-order valence-corrected chi connectivity index (χ3v) is 4.15. The number of aromatic carboxylic acids is 1. The van der Waals surface area contributed by atoms with Crippen molar-refractivity contribution in [3.63, 3.8) is 0 Å². The molecule has 5 nitrogen and oxygen atoms in total. The largest absolute Gasteiger partial charge is 0.478 e. The van der Waals surface area contributed by atoms with E-state index in [0.717, 1.165) is 11.3 Å². The molecule has 1 aromatic rings. The van der Waals surface area contributed by atoms with Crippen molar-refractivity contribution in [3.8, 4) is 0 Å². The maximum atomic E-state index is 12.3. The van der Waals surface area contributed by atoms with Crippen LogP contribution < -0.4 is 10.2 Å². The van der Waals surface area contributed by atoms with E-state index < -0.39 is 5.97 Å². The zero-order chi connectivity index (χ0) is 14.3. The van der Waals surface area contributed by atoms with Gasteiger partial charge >= 0.3 is 12.0 Å². The molecule has 1 saturated carbocycles. The second-order valence-electron chi connectivity index (χ2n) is 5.63. The van der Waals surface area contributed by atoms with Crippen LogP contribution in [0.1, 0.15) is 35.7 Å². The summed E-state index contributed by atoms with van der Waals surface area (Å²) in [5, 5.41) is 12.0. The number of urea groups is 1. The number of hydrogen-bond donors (Lipinski definition) is 2. The first-order valence-electron chi connectivity index (χ1n) is 7.00. The highest BCUT2D eigenvalue weighted by atomic mass is 16.4. The number of fused-ring (bicyclic) bond motifs is 1. The summed E-state index contributed by atoms with van der Waals surface area (Å²) in [6, 6.07) is 5.08. The van der Waals surface area contributed by atoms with Crippen molar-refractivity contribution in [1.29, 1.82) is 0 Å². The molecule has 0 radical (unpaired) electrons. The molecule has 3 rings (SSSR count). The zero-order valence-corrected chi connectivity index (χ0v) is 11.4. The highest BCUT2D eigenvalue weighted by Crippen LogP contribution is 2.33. The van der Waals surface area contributed by atoms with Crippen molar-refractivity contribution in [2.45, 2.75) is 32.2 Å². The lowest BCUT2D eigenvalue weighted by Gasteiger charge is -2.21. The summed E-state index contributed by atoms with van der Waals surface area (Å²) in [6.07, 6.45) is 3.10. The van der Waals surface area contributed by atoms with Crippen molar-refractivity contribution in [3.05, 3.63) is 29.3 Å². The van der Waals surface area contributed by atoms with Crippen LogP contribution in [0.15, 0.2) is 18.2 Å². The normalized spacial score (nSPS) is 18.6. The van der Waals surface area contributed by atoms with Crippen molar-refractivity contribution >= 4 is 17.7 Å². The van der Waals surface area contributed by atoms with Gasteiger partial charge in [-0.25, -0.2) is 9.59 Å². The molecule has 0 aromatic heterocycles. The summed E-state index contributed by atoms with van der Waals surface area (Å²) in [5.74, 6) is -0.312. The summed E-state index contributed by atoms with van der Waals surface area (Å²) in [5.41, 5.74) is 2.03. The minimum atomic E-state index is -0.932. The Labute approximate surface area is 117 Å². The number of rotatable bonds is 3. The van der Waals surface area contributed by atoms with E-state index in [-0.39, 0.29) is 17.6 Å². The average Bonchev–Trinajstić information content (AvgIpc) is 3.17. The fourth-order valence-corrected chi connectivity index (χ4v) is 2.73. The maximum Gasteiger partial charge on any atom is 0.335 e. The summed E-state index contributed by atoms with van der Waals surface area (Å²) in [4.78, 5) is 24.9. The molecule has 0 saturated heterocycles. The number of anilines is 1. The third-order valence-electron chi connectivity index (χ3n) is 4.15. The molecule has 1 fully saturated rings. The molecule has 1 aliphatic heterocycles. The number of amides is 2. The number of carbonyl (C=O) groups excluding carboxylic acids is 1. The second kappa shape index (κ2) is 4.81. The van der Waals surface area contributed by atoms with Crippen LogP contribution in [0.5, 0.6) is 0 Å². The summed E-state index contributed by atoms with van der Waals surface area (Å²) >= 11 is 0. The summed E-state index contributed by atoms with van der Waals surface area (Å²) < 4.78 is 0. The SMILES string of the molecule is CC(NC(=O)N1CCc2cc(C(=O)O)ccc21)C1CC1. The Morgan fingerprint density at radius 2 is 2.15 bits per heavy atom. The predicted molar refractivity (Wildman–Crippen MR) is 75.2 cm³/mol. The lowest BCUT2D eigenvalue weighted by molar-refractivity contribution is 0.0697. The monoisotopic (exact) mass is 274 g/mol. The first kappa shape index (κ1) is 13.0. The number of carboxylic acids is 1. The van der Waals surface area contributed by atoms with E-state index in [1.54, 1.807) is 23.1 Å². The number of benzene rings is 1. The van der Waals surface area contributed by atoms with E-state index in [9.17, 15) is 9.59 Å². The van der Waals surface area contributed by atoms with Crippen molar-refractivity contribution in [2.24, 2.45) is 5.92 Å². The van der Waals surface area contributed by atoms with Crippen molar-refractivity contribution in [1.82, 2.24) is 5.32 Å². The smallest absolute Gasteiger partial charge is 0.335 e. The molecule has 106 valence electrons. The molecule has 20 heavy (non-hydrogen) atoms. The Bertz CT molecular complexity index is 566. The topological polar surface area (TPSA) is 69.6 Å². The fourth-order valence-electron chi connectivity index (χ4n) is 2.73. The molecule has 2 amide bonds. The highest BCUT2D eigenvalue weighted by molar-refractivity contribution is 5.96. The van der Waals surface area contributed by atoms with Crippen LogP contribution in [0.25, 0.3) is 0 Å². The lowest BCUT2D eigenvalue weighted by atomic mass is 10.1. The summed E-state index contributed by atoms with van der Waals surface area (Å²) in [6.45, 7) is 2.65.